The molecule has 17 nitrogen and oxygen atoms in total. The minimum Gasteiger partial charge on any atom is -0.462 e. The van der Waals surface area contributed by atoms with E-state index in [2.05, 4.69) is 48.5 Å². The zero-order valence-corrected chi connectivity index (χ0v) is 57.6. The lowest BCUT2D eigenvalue weighted by Crippen LogP contribution is -2.30. The molecule has 510 valence electrons. The topological polar surface area (TPSA) is 237 Å². The molecule has 0 saturated carbocycles. The van der Waals surface area contributed by atoms with Crippen molar-refractivity contribution in [2.45, 2.75) is 349 Å². The summed E-state index contributed by atoms with van der Waals surface area (Å²) in [5.74, 6) is 0.0208. The van der Waals surface area contributed by atoms with E-state index in [0.29, 0.717) is 31.6 Å². The highest BCUT2D eigenvalue weighted by molar-refractivity contribution is 7.47. The monoisotopic (exact) mass is 1270 g/mol. The predicted octanol–water partition coefficient (Wildman–Crippen LogP) is 18.7. The molecule has 0 saturated heterocycles. The van der Waals surface area contributed by atoms with Gasteiger partial charge in [0.2, 0.25) is 0 Å². The van der Waals surface area contributed by atoms with Crippen molar-refractivity contribution in [3.63, 3.8) is 0 Å². The Morgan fingerprint density at radius 3 is 0.884 bits per heavy atom. The Balaban J connectivity index is 5.24. The van der Waals surface area contributed by atoms with Gasteiger partial charge in [-0.25, -0.2) is 9.13 Å². The number of rotatable bonds is 65. The second-order valence-corrected chi connectivity index (χ2v) is 28.1. The quantitative estimate of drug-likeness (QED) is 0.0222. The van der Waals surface area contributed by atoms with E-state index in [1.54, 1.807) is 0 Å². The van der Waals surface area contributed by atoms with Gasteiger partial charge in [0.25, 0.3) is 0 Å². The fraction of sp³-hybridized carbons (Fsp3) is 0.940. The fourth-order valence-corrected chi connectivity index (χ4v) is 11.5. The van der Waals surface area contributed by atoms with Crippen LogP contribution in [0.2, 0.25) is 0 Å². The summed E-state index contributed by atoms with van der Waals surface area (Å²) in [7, 11) is -9.89. The Labute approximate surface area is 524 Å². The Kier molecular flexibility index (Phi) is 56.9. The molecule has 0 bridgehead atoms. The van der Waals surface area contributed by atoms with E-state index in [1.807, 2.05) is 0 Å². The number of unbranched alkanes of at least 4 members (excludes halogenated alkanes) is 31. The van der Waals surface area contributed by atoms with Crippen molar-refractivity contribution in [3.8, 4) is 0 Å². The highest BCUT2D eigenvalue weighted by Crippen LogP contribution is 2.45. The highest BCUT2D eigenvalue weighted by Gasteiger charge is 2.30. The molecule has 0 spiro atoms. The van der Waals surface area contributed by atoms with E-state index >= 15 is 0 Å². The number of hydrogen-bond acceptors (Lipinski definition) is 15. The zero-order chi connectivity index (χ0) is 63.8. The first-order valence-corrected chi connectivity index (χ1v) is 37.9. The fourth-order valence-electron chi connectivity index (χ4n) is 9.95. The van der Waals surface area contributed by atoms with Crippen LogP contribution in [0.25, 0.3) is 0 Å². The van der Waals surface area contributed by atoms with E-state index in [-0.39, 0.29) is 25.7 Å². The van der Waals surface area contributed by atoms with Crippen LogP contribution < -0.4 is 0 Å². The molecule has 19 heteroatoms. The molecule has 0 fully saturated rings. The molecule has 0 aromatic rings. The average molecular weight is 1270 g/mol. The zero-order valence-electron chi connectivity index (χ0n) is 55.8. The van der Waals surface area contributed by atoms with Crippen molar-refractivity contribution in [1.29, 1.82) is 0 Å². The van der Waals surface area contributed by atoms with Crippen molar-refractivity contribution in [3.05, 3.63) is 0 Å². The highest BCUT2D eigenvalue weighted by atomic mass is 31.2. The third kappa shape index (κ3) is 58.4. The molecule has 4 unspecified atom stereocenters. The van der Waals surface area contributed by atoms with Crippen LogP contribution in [-0.2, 0) is 65.4 Å². The van der Waals surface area contributed by atoms with Gasteiger partial charge in [0.1, 0.15) is 19.3 Å². The van der Waals surface area contributed by atoms with Gasteiger partial charge in [0.15, 0.2) is 12.2 Å². The Hall–Kier alpha value is -1.94. The largest absolute Gasteiger partial charge is 0.472 e. The summed E-state index contributed by atoms with van der Waals surface area (Å²) in [6, 6.07) is 0. The lowest BCUT2D eigenvalue weighted by atomic mass is 10.00. The van der Waals surface area contributed by atoms with E-state index in [4.69, 9.17) is 37.0 Å². The first-order valence-electron chi connectivity index (χ1n) is 34.9. The van der Waals surface area contributed by atoms with Crippen LogP contribution in [0.4, 0.5) is 0 Å². The van der Waals surface area contributed by atoms with Crippen molar-refractivity contribution in [2.24, 2.45) is 17.8 Å². The molecule has 0 aliphatic rings. The van der Waals surface area contributed by atoms with Gasteiger partial charge in [0.05, 0.1) is 26.4 Å². The SMILES string of the molecule is CCCCCCCCCCCCCCCCCCC(=O)O[C@H](COC(=O)CCCCCCCCCC(C)C)COP(=O)(O)OC[C@@H](O)COP(=O)(O)OC[C@@H](COC(=O)CCCCCCCCC(C)CC)OC(=O)CCCCCCCCC(C)CC. The van der Waals surface area contributed by atoms with Gasteiger partial charge in [-0.05, 0) is 43.4 Å². The van der Waals surface area contributed by atoms with Crippen LogP contribution in [0, 0.1) is 17.8 Å². The van der Waals surface area contributed by atoms with Gasteiger partial charge in [-0.2, -0.15) is 0 Å². The van der Waals surface area contributed by atoms with Crippen LogP contribution in [0.1, 0.15) is 331 Å². The molecule has 0 rings (SSSR count). The summed E-state index contributed by atoms with van der Waals surface area (Å²) in [5.41, 5.74) is 0. The van der Waals surface area contributed by atoms with Crippen LogP contribution >= 0.6 is 15.6 Å². The number of ether oxygens (including phenoxy) is 4. The Bertz CT molecular complexity index is 1700. The number of carbonyl (C=O) groups is 4. The normalized spacial score (nSPS) is 14.9. The molecule has 86 heavy (non-hydrogen) atoms. The number of carbonyl (C=O) groups excluding carboxylic acids is 4. The molecule has 0 aromatic heterocycles. The van der Waals surface area contributed by atoms with Crippen LogP contribution in [0.3, 0.4) is 0 Å². The second-order valence-electron chi connectivity index (χ2n) is 25.2. The van der Waals surface area contributed by atoms with Gasteiger partial charge in [-0.15, -0.1) is 0 Å². The van der Waals surface area contributed by atoms with E-state index in [9.17, 15) is 43.2 Å². The molecule has 0 aromatic carbocycles. The lowest BCUT2D eigenvalue weighted by Gasteiger charge is -2.21. The minimum absolute atomic E-state index is 0.102. The van der Waals surface area contributed by atoms with Crippen LogP contribution in [0.15, 0.2) is 0 Å². The second kappa shape index (κ2) is 58.2. The number of esters is 4. The summed E-state index contributed by atoms with van der Waals surface area (Å²) in [6.45, 7) is 11.7. The summed E-state index contributed by atoms with van der Waals surface area (Å²) in [4.78, 5) is 72.3. The van der Waals surface area contributed by atoms with Gasteiger partial charge in [-0.1, -0.05) is 280 Å². The Morgan fingerprint density at radius 2 is 0.593 bits per heavy atom. The van der Waals surface area contributed by atoms with Crippen LogP contribution in [0.5, 0.6) is 0 Å². The van der Waals surface area contributed by atoms with Gasteiger partial charge >= 0.3 is 39.5 Å². The predicted molar refractivity (Wildman–Crippen MR) is 344 cm³/mol. The molecular formula is C67H130O17P2. The summed E-state index contributed by atoms with van der Waals surface area (Å²) in [5, 5.41) is 10.6. The maximum Gasteiger partial charge on any atom is 0.472 e. The van der Waals surface area contributed by atoms with Gasteiger partial charge in [0, 0.05) is 25.7 Å². The van der Waals surface area contributed by atoms with Crippen molar-refractivity contribution < 1.29 is 80.2 Å². The summed E-state index contributed by atoms with van der Waals surface area (Å²) in [6.07, 6.45) is 40.5. The number of aliphatic hydroxyl groups is 1. The van der Waals surface area contributed by atoms with E-state index < -0.39 is 97.5 Å². The van der Waals surface area contributed by atoms with E-state index in [0.717, 1.165) is 115 Å². The molecular weight excluding hydrogens is 1140 g/mol. The standard InChI is InChI=1S/C67H130O17P2/c1-8-11-12-13-14-15-16-17-18-19-20-21-22-25-36-43-50-66(71)83-62(54-77-64(69)48-41-34-26-23-24-31-38-45-58(4)5)56-81-85(73,74)79-52-61(68)53-80-86(75,76)82-57-63(84-67(72)51-44-37-30-28-33-40-47-60(7)10-3)55-78-65(70)49-42-35-29-27-32-39-46-59(6)9-2/h58-63,68H,8-57H2,1-7H3,(H,73,74)(H,75,76)/t59?,60?,61-,62-,63-/m1/s1. The maximum atomic E-state index is 13.0. The Morgan fingerprint density at radius 1 is 0.337 bits per heavy atom. The summed E-state index contributed by atoms with van der Waals surface area (Å²) < 4.78 is 68.1. The van der Waals surface area contributed by atoms with Gasteiger partial charge in [-0.3, -0.25) is 37.3 Å². The maximum absolute atomic E-state index is 13.0. The first-order chi connectivity index (χ1) is 41.3. The lowest BCUT2D eigenvalue weighted by molar-refractivity contribution is -0.161. The first kappa shape index (κ1) is 84.1. The molecule has 0 heterocycles. The molecule has 0 amide bonds. The number of aliphatic hydroxyl groups excluding tert-OH is 1. The third-order valence-corrected chi connectivity index (χ3v) is 18.0. The van der Waals surface area contributed by atoms with E-state index in [1.165, 1.54) is 128 Å². The molecule has 0 aliphatic carbocycles. The van der Waals surface area contributed by atoms with Crippen molar-refractivity contribution in [2.75, 3.05) is 39.6 Å². The molecule has 3 N–H and O–H groups in total. The number of hydrogen-bond donors (Lipinski definition) is 3. The van der Waals surface area contributed by atoms with Crippen LogP contribution in [-0.4, -0.2) is 96.7 Å². The summed E-state index contributed by atoms with van der Waals surface area (Å²) >= 11 is 0. The third-order valence-electron chi connectivity index (χ3n) is 16.1. The van der Waals surface area contributed by atoms with Gasteiger partial charge < -0.3 is 33.8 Å². The smallest absolute Gasteiger partial charge is 0.462 e. The minimum atomic E-state index is -4.95. The molecule has 0 aliphatic heterocycles. The number of phosphoric ester groups is 2. The van der Waals surface area contributed by atoms with Crippen molar-refractivity contribution >= 4 is 39.5 Å². The average Bonchev–Trinajstić information content (AvgIpc) is 3.60. The molecule has 7 atom stereocenters. The number of phosphoric acid groups is 2. The molecule has 0 radical (unpaired) electrons. The van der Waals surface area contributed by atoms with Crippen molar-refractivity contribution in [1.82, 2.24) is 0 Å².